The summed E-state index contributed by atoms with van der Waals surface area (Å²) >= 11 is 1.83. The third-order valence-electron chi connectivity index (χ3n) is 2.53. The Bertz CT molecular complexity index is 548. The molecule has 0 saturated carbocycles. The standard InChI is InChI=1S/C16H15NOS/c17-13-14-6-4-7-15(12-14)18-10-5-11-19-16-8-2-1-3-9-16/h1-4,6-9,12H,5,10-11H2. The van der Waals surface area contributed by atoms with E-state index in [2.05, 4.69) is 18.2 Å². The fourth-order valence-corrected chi connectivity index (χ4v) is 2.46. The summed E-state index contributed by atoms with van der Waals surface area (Å²) in [7, 11) is 0. The van der Waals surface area contributed by atoms with Gasteiger partial charge < -0.3 is 4.74 Å². The van der Waals surface area contributed by atoms with E-state index in [4.69, 9.17) is 10.00 Å². The topological polar surface area (TPSA) is 33.0 Å². The van der Waals surface area contributed by atoms with Crippen LogP contribution in [-0.4, -0.2) is 12.4 Å². The van der Waals surface area contributed by atoms with E-state index >= 15 is 0 Å². The second-order valence-corrected chi connectivity index (χ2v) is 5.17. The summed E-state index contributed by atoms with van der Waals surface area (Å²) in [6.45, 7) is 0.675. The van der Waals surface area contributed by atoms with Crippen LogP contribution in [-0.2, 0) is 0 Å². The van der Waals surface area contributed by atoms with E-state index in [1.165, 1.54) is 4.90 Å². The first-order valence-electron chi connectivity index (χ1n) is 6.19. The molecule has 2 aromatic carbocycles. The van der Waals surface area contributed by atoms with Crippen molar-refractivity contribution < 1.29 is 4.74 Å². The SMILES string of the molecule is N#Cc1cccc(OCCCSc2ccccc2)c1. The van der Waals surface area contributed by atoms with Gasteiger partial charge in [-0.15, -0.1) is 11.8 Å². The summed E-state index contributed by atoms with van der Waals surface area (Å²) in [5, 5.41) is 8.79. The van der Waals surface area contributed by atoms with E-state index in [9.17, 15) is 0 Å². The van der Waals surface area contributed by atoms with Crippen molar-refractivity contribution in [1.82, 2.24) is 0 Å². The number of benzene rings is 2. The van der Waals surface area contributed by atoms with Gasteiger partial charge in [-0.05, 0) is 36.8 Å². The molecule has 96 valence electrons. The molecule has 0 aliphatic carbocycles. The van der Waals surface area contributed by atoms with Crippen LogP contribution in [0.5, 0.6) is 5.75 Å². The van der Waals surface area contributed by atoms with Crippen LogP contribution in [0.2, 0.25) is 0 Å². The lowest BCUT2D eigenvalue weighted by molar-refractivity contribution is 0.318. The Morgan fingerprint density at radius 3 is 2.68 bits per heavy atom. The van der Waals surface area contributed by atoms with Crippen molar-refractivity contribution in [2.75, 3.05) is 12.4 Å². The second kappa shape index (κ2) is 7.50. The fraction of sp³-hybridized carbons (Fsp3) is 0.188. The zero-order valence-electron chi connectivity index (χ0n) is 10.6. The van der Waals surface area contributed by atoms with Crippen LogP contribution in [0, 0.1) is 11.3 Å². The van der Waals surface area contributed by atoms with E-state index in [1.54, 1.807) is 12.1 Å². The lowest BCUT2D eigenvalue weighted by Crippen LogP contribution is -1.98. The average molecular weight is 269 g/mol. The fourth-order valence-electron chi connectivity index (χ4n) is 1.61. The molecule has 0 fully saturated rings. The van der Waals surface area contributed by atoms with Gasteiger partial charge >= 0.3 is 0 Å². The van der Waals surface area contributed by atoms with Crippen LogP contribution in [0.3, 0.4) is 0 Å². The zero-order chi connectivity index (χ0) is 13.3. The van der Waals surface area contributed by atoms with Gasteiger partial charge in [0, 0.05) is 10.6 Å². The Kier molecular flexibility index (Phi) is 5.33. The van der Waals surface area contributed by atoms with E-state index < -0.39 is 0 Å². The lowest BCUT2D eigenvalue weighted by Gasteiger charge is -2.06. The minimum absolute atomic E-state index is 0.635. The van der Waals surface area contributed by atoms with E-state index in [0.29, 0.717) is 12.2 Å². The number of hydrogen-bond donors (Lipinski definition) is 0. The molecule has 0 unspecified atom stereocenters. The molecule has 0 radical (unpaired) electrons. The number of thioether (sulfide) groups is 1. The molecule has 3 heteroatoms. The minimum Gasteiger partial charge on any atom is -0.494 e. The molecule has 2 rings (SSSR count). The summed E-state index contributed by atoms with van der Waals surface area (Å²) in [4.78, 5) is 1.29. The third-order valence-corrected chi connectivity index (χ3v) is 3.63. The predicted octanol–water partition coefficient (Wildman–Crippen LogP) is 4.12. The summed E-state index contributed by atoms with van der Waals surface area (Å²) in [5.74, 6) is 1.80. The Hall–Kier alpha value is -1.92. The second-order valence-electron chi connectivity index (χ2n) is 4.00. The normalized spacial score (nSPS) is 9.84. The van der Waals surface area contributed by atoms with Crippen molar-refractivity contribution in [3.05, 3.63) is 60.2 Å². The highest BCUT2D eigenvalue weighted by atomic mass is 32.2. The molecule has 19 heavy (non-hydrogen) atoms. The maximum Gasteiger partial charge on any atom is 0.120 e. The molecule has 0 aromatic heterocycles. The smallest absolute Gasteiger partial charge is 0.120 e. The molecule has 0 N–H and O–H groups in total. The van der Waals surface area contributed by atoms with Gasteiger partial charge in [0.1, 0.15) is 5.75 Å². The molecule has 0 saturated heterocycles. The molecule has 0 aliphatic rings. The summed E-state index contributed by atoms with van der Waals surface area (Å²) in [6.07, 6.45) is 0.982. The van der Waals surface area contributed by atoms with Gasteiger partial charge in [0.2, 0.25) is 0 Å². The highest BCUT2D eigenvalue weighted by Gasteiger charge is 1.97. The number of ether oxygens (including phenoxy) is 1. The van der Waals surface area contributed by atoms with Gasteiger partial charge in [0.05, 0.1) is 18.2 Å². The largest absolute Gasteiger partial charge is 0.494 e. The Labute approximate surface area is 118 Å². The predicted molar refractivity (Wildman–Crippen MR) is 78.4 cm³/mol. The highest BCUT2D eigenvalue weighted by Crippen LogP contribution is 2.18. The van der Waals surface area contributed by atoms with Gasteiger partial charge in [0.25, 0.3) is 0 Å². The summed E-state index contributed by atoms with van der Waals surface area (Å²) in [6, 6.07) is 19.7. The molecular formula is C16H15NOS. The van der Waals surface area contributed by atoms with Crippen molar-refractivity contribution in [1.29, 1.82) is 5.26 Å². The van der Waals surface area contributed by atoms with Crippen molar-refractivity contribution >= 4 is 11.8 Å². The van der Waals surface area contributed by atoms with E-state index in [1.807, 2.05) is 42.1 Å². The van der Waals surface area contributed by atoms with Crippen LogP contribution in [0.4, 0.5) is 0 Å². The molecule has 0 amide bonds. The number of nitriles is 1. The molecule has 2 aromatic rings. The number of hydrogen-bond acceptors (Lipinski definition) is 3. The van der Waals surface area contributed by atoms with Crippen molar-refractivity contribution in [3.8, 4) is 11.8 Å². The molecule has 0 atom stereocenters. The zero-order valence-corrected chi connectivity index (χ0v) is 11.4. The highest BCUT2D eigenvalue weighted by molar-refractivity contribution is 7.99. The number of rotatable bonds is 6. The summed E-state index contributed by atoms with van der Waals surface area (Å²) in [5.41, 5.74) is 0.635. The Balaban J connectivity index is 1.68. The van der Waals surface area contributed by atoms with Crippen molar-refractivity contribution in [3.63, 3.8) is 0 Å². The first-order valence-corrected chi connectivity index (χ1v) is 7.18. The summed E-state index contributed by atoms with van der Waals surface area (Å²) < 4.78 is 5.62. The third kappa shape index (κ3) is 4.69. The maximum absolute atomic E-state index is 8.79. The van der Waals surface area contributed by atoms with Gasteiger partial charge in [0.15, 0.2) is 0 Å². The quantitative estimate of drug-likeness (QED) is 0.584. The molecule has 2 nitrogen and oxygen atoms in total. The van der Waals surface area contributed by atoms with Gasteiger partial charge in [-0.2, -0.15) is 5.26 Å². The van der Waals surface area contributed by atoms with Crippen molar-refractivity contribution in [2.45, 2.75) is 11.3 Å². The van der Waals surface area contributed by atoms with Crippen LogP contribution >= 0.6 is 11.8 Å². The first kappa shape index (κ1) is 13.5. The van der Waals surface area contributed by atoms with Gasteiger partial charge in [-0.25, -0.2) is 0 Å². The van der Waals surface area contributed by atoms with Crippen LogP contribution in [0.1, 0.15) is 12.0 Å². The van der Waals surface area contributed by atoms with Gasteiger partial charge in [-0.3, -0.25) is 0 Å². The minimum atomic E-state index is 0.635. The molecule has 0 aliphatic heterocycles. The Morgan fingerprint density at radius 2 is 1.89 bits per heavy atom. The molecular weight excluding hydrogens is 254 g/mol. The Morgan fingerprint density at radius 1 is 1.05 bits per heavy atom. The first-order chi connectivity index (χ1) is 9.38. The monoisotopic (exact) mass is 269 g/mol. The number of nitrogens with zero attached hydrogens (tertiary/aromatic N) is 1. The van der Waals surface area contributed by atoms with Crippen LogP contribution in [0.15, 0.2) is 59.5 Å². The van der Waals surface area contributed by atoms with Crippen molar-refractivity contribution in [2.24, 2.45) is 0 Å². The molecule has 0 spiro atoms. The molecule has 0 heterocycles. The average Bonchev–Trinajstić information content (AvgIpc) is 2.48. The van der Waals surface area contributed by atoms with E-state index in [0.717, 1.165) is 17.9 Å². The molecule has 0 bridgehead atoms. The van der Waals surface area contributed by atoms with Crippen LogP contribution < -0.4 is 4.74 Å². The van der Waals surface area contributed by atoms with E-state index in [-0.39, 0.29) is 0 Å². The van der Waals surface area contributed by atoms with Crippen LogP contribution in [0.25, 0.3) is 0 Å². The maximum atomic E-state index is 8.79. The van der Waals surface area contributed by atoms with Gasteiger partial charge in [-0.1, -0.05) is 24.3 Å². The lowest BCUT2D eigenvalue weighted by atomic mass is 10.2.